The first-order valence-corrected chi connectivity index (χ1v) is 14.8. The van der Waals surface area contributed by atoms with Crippen LogP contribution in [-0.4, -0.2) is 67.8 Å². The van der Waals surface area contributed by atoms with Crippen LogP contribution in [0.1, 0.15) is 41.8 Å². The van der Waals surface area contributed by atoms with E-state index in [9.17, 15) is 23.4 Å². The van der Waals surface area contributed by atoms with Gasteiger partial charge in [-0.05, 0) is 85.5 Å². The SMILES string of the molecule is COc1ccc(-c2cccc(C(=O)O)c2)cc1S(=O)(=O)N(C)C[C@H](O)CNC(C)(C)CC1Cc2ccccc2C1. The summed E-state index contributed by atoms with van der Waals surface area (Å²) >= 11 is 0. The summed E-state index contributed by atoms with van der Waals surface area (Å²) in [5.74, 6) is -0.380. The maximum Gasteiger partial charge on any atom is 0.335 e. The summed E-state index contributed by atoms with van der Waals surface area (Å²) in [7, 11) is -1.21. The number of aliphatic hydroxyl groups is 1. The van der Waals surface area contributed by atoms with Crippen molar-refractivity contribution in [2.75, 3.05) is 27.2 Å². The Morgan fingerprint density at radius 1 is 1.05 bits per heavy atom. The average Bonchev–Trinajstić information content (AvgIpc) is 3.33. The van der Waals surface area contributed by atoms with Gasteiger partial charge in [0.25, 0.3) is 0 Å². The van der Waals surface area contributed by atoms with Gasteiger partial charge in [-0.1, -0.05) is 42.5 Å². The molecule has 3 aromatic rings. The van der Waals surface area contributed by atoms with Crippen molar-refractivity contribution in [2.24, 2.45) is 5.92 Å². The number of hydrogen-bond donors (Lipinski definition) is 3. The number of aliphatic hydroxyl groups excluding tert-OH is 1. The molecule has 0 aliphatic heterocycles. The zero-order valence-corrected chi connectivity index (χ0v) is 24.2. The number of nitrogens with one attached hydrogen (secondary N) is 1. The highest BCUT2D eigenvalue weighted by Gasteiger charge is 2.30. The number of ether oxygens (including phenoxy) is 1. The highest BCUT2D eigenvalue weighted by molar-refractivity contribution is 7.89. The van der Waals surface area contributed by atoms with Crippen molar-refractivity contribution in [1.82, 2.24) is 9.62 Å². The van der Waals surface area contributed by atoms with Gasteiger partial charge in [-0.15, -0.1) is 0 Å². The minimum atomic E-state index is -4.03. The fraction of sp³-hybridized carbons (Fsp3) is 0.387. The van der Waals surface area contributed by atoms with Gasteiger partial charge in [0, 0.05) is 25.7 Å². The van der Waals surface area contributed by atoms with Crippen molar-refractivity contribution in [1.29, 1.82) is 0 Å². The summed E-state index contributed by atoms with van der Waals surface area (Å²) in [6.07, 6.45) is 2.11. The van der Waals surface area contributed by atoms with Crippen molar-refractivity contribution in [3.8, 4) is 16.9 Å². The quantitative estimate of drug-likeness (QED) is 0.301. The van der Waals surface area contributed by atoms with E-state index in [2.05, 4.69) is 43.4 Å². The van der Waals surface area contributed by atoms with E-state index in [1.165, 1.54) is 43.5 Å². The largest absolute Gasteiger partial charge is 0.495 e. The third kappa shape index (κ3) is 6.90. The third-order valence-corrected chi connectivity index (χ3v) is 9.36. The highest BCUT2D eigenvalue weighted by Crippen LogP contribution is 2.33. The molecule has 40 heavy (non-hydrogen) atoms. The zero-order chi connectivity index (χ0) is 29.1. The molecule has 3 aromatic carbocycles. The van der Waals surface area contributed by atoms with Crippen LogP contribution in [0.2, 0.25) is 0 Å². The molecule has 3 N–H and O–H groups in total. The number of fused-ring (bicyclic) bond motifs is 1. The number of carboxylic acids is 1. The average molecular weight is 567 g/mol. The van der Waals surface area contributed by atoms with Gasteiger partial charge in [0.15, 0.2) is 0 Å². The maximum absolute atomic E-state index is 13.6. The van der Waals surface area contributed by atoms with Crippen LogP contribution in [0.4, 0.5) is 0 Å². The molecule has 1 aliphatic carbocycles. The Labute approximate surface area is 236 Å². The van der Waals surface area contributed by atoms with Gasteiger partial charge in [0.2, 0.25) is 10.0 Å². The Bertz CT molecular complexity index is 1450. The topological polar surface area (TPSA) is 116 Å². The van der Waals surface area contributed by atoms with Gasteiger partial charge in [0.1, 0.15) is 10.6 Å². The number of aromatic carboxylic acids is 1. The molecule has 0 unspecified atom stereocenters. The van der Waals surface area contributed by atoms with E-state index in [4.69, 9.17) is 4.74 Å². The third-order valence-electron chi connectivity index (χ3n) is 7.51. The molecule has 1 aliphatic rings. The molecule has 0 bridgehead atoms. The lowest BCUT2D eigenvalue weighted by Gasteiger charge is -2.31. The number of likely N-dealkylation sites (N-methyl/N-ethyl adjacent to an activating group) is 1. The molecule has 0 spiro atoms. The van der Waals surface area contributed by atoms with Crippen LogP contribution < -0.4 is 10.1 Å². The molecule has 0 aromatic heterocycles. The Hall–Kier alpha value is -3.24. The van der Waals surface area contributed by atoms with Crippen LogP contribution in [0.25, 0.3) is 11.1 Å². The first-order valence-electron chi connectivity index (χ1n) is 13.4. The predicted octanol–water partition coefficient (Wildman–Crippen LogP) is 4.22. The minimum absolute atomic E-state index is 0.0583. The van der Waals surface area contributed by atoms with Crippen LogP contribution in [-0.2, 0) is 22.9 Å². The second-order valence-corrected chi connectivity index (χ2v) is 13.2. The summed E-state index contributed by atoms with van der Waals surface area (Å²) in [4.78, 5) is 11.3. The monoisotopic (exact) mass is 566 g/mol. The molecular formula is C31H38N2O6S. The van der Waals surface area contributed by atoms with Crippen molar-refractivity contribution < 1.29 is 28.2 Å². The summed E-state index contributed by atoms with van der Waals surface area (Å²) < 4.78 is 33.6. The normalized spacial score (nSPS) is 14.8. The zero-order valence-electron chi connectivity index (χ0n) is 23.4. The predicted molar refractivity (Wildman–Crippen MR) is 155 cm³/mol. The maximum atomic E-state index is 13.6. The molecule has 0 radical (unpaired) electrons. The van der Waals surface area contributed by atoms with Crippen LogP contribution in [0.15, 0.2) is 71.6 Å². The van der Waals surface area contributed by atoms with Gasteiger partial charge >= 0.3 is 5.97 Å². The second-order valence-electron chi connectivity index (χ2n) is 11.2. The molecule has 0 fully saturated rings. The van der Waals surface area contributed by atoms with E-state index in [1.807, 2.05) is 0 Å². The molecule has 0 amide bonds. The molecule has 8 nitrogen and oxygen atoms in total. The van der Waals surface area contributed by atoms with E-state index in [0.29, 0.717) is 17.0 Å². The van der Waals surface area contributed by atoms with Crippen molar-refractivity contribution in [3.63, 3.8) is 0 Å². The first kappa shape index (κ1) is 29.7. The van der Waals surface area contributed by atoms with Gasteiger partial charge in [-0.25, -0.2) is 13.2 Å². The van der Waals surface area contributed by atoms with Crippen molar-refractivity contribution >= 4 is 16.0 Å². The summed E-state index contributed by atoms with van der Waals surface area (Å²) in [6.45, 7) is 4.35. The summed E-state index contributed by atoms with van der Waals surface area (Å²) in [5, 5.41) is 23.5. The fourth-order valence-electron chi connectivity index (χ4n) is 5.50. The molecule has 0 heterocycles. The van der Waals surface area contributed by atoms with E-state index in [-0.39, 0.29) is 34.8 Å². The van der Waals surface area contributed by atoms with Gasteiger partial charge < -0.3 is 20.3 Å². The van der Waals surface area contributed by atoms with E-state index in [1.54, 1.807) is 24.3 Å². The van der Waals surface area contributed by atoms with Crippen LogP contribution in [0, 0.1) is 5.92 Å². The summed E-state index contributed by atoms with van der Waals surface area (Å²) in [6, 6.07) is 19.5. The Morgan fingerprint density at radius 2 is 1.70 bits per heavy atom. The van der Waals surface area contributed by atoms with E-state index >= 15 is 0 Å². The number of nitrogens with zero attached hydrogens (tertiary/aromatic N) is 1. The number of carboxylic acid groups (broad SMARTS) is 1. The number of hydrogen-bond acceptors (Lipinski definition) is 6. The molecule has 0 saturated heterocycles. The van der Waals surface area contributed by atoms with E-state index in [0.717, 1.165) is 23.6 Å². The Balaban J connectivity index is 1.41. The van der Waals surface area contributed by atoms with Crippen molar-refractivity contribution in [2.45, 2.75) is 49.6 Å². The van der Waals surface area contributed by atoms with E-state index < -0.39 is 22.1 Å². The van der Waals surface area contributed by atoms with Gasteiger partial charge in [-0.3, -0.25) is 0 Å². The smallest absolute Gasteiger partial charge is 0.335 e. The standard InChI is InChI=1S/C31H38N2O6S/c1-31(2,18-21-14-22-8-5-6-9-23(22)15-21)32-19-27(34)20-33(3)40(37,38)29-17-25(12-13-28(29)39-4)24-10-7-11-26(16-24)30(35)36/h5-13,16-17,21,27,32,34H,14-15,18-20H2,1-4H3,(H,35,36)/t27-/m1/s1. The van der Waals surface area contributed by atoms with Crippen molar-refractivity contribution in [3.05, 3.63) is 83.4 Å². The number of rotatable bonds is 12. The lowest BCUT2D eigenvalue weighted by molar-refractivity contribution is 0.0697. The molecule has 9 heteroatoms. The number of carbonyl (C=O) groups is 1. The lowest BCUT2D eigenvalue weighted by Crippen LogP contribution is -2.47. The molecule has 214 valence electrons. The lowest BCUT2D eigenvalue weighted by atomic mass is 9.88. The number of sulfonamides is 1. The Kier molecular flexibility index (Phi) is 8.99. The fourth-order valence-corrected chi connectivity index (χ4v) is 6.88. The number of β-amino-alcohol motifs (C(OH)–C–C–N with tert-alkyl or cyclic N) is 1. The number of methoxy groups -OCH3 is 1. The molecule has 1 atom stereocenters. The first-order chi connectivity index (χ1) is 18.9. The minimum Gasteiger partial charge on any atom is -0.495 e. The summed E-state index contributed by atoms with van der Waals surface area (Å²) in [5.41, 5.74) is 3.79. The van der Waals surface area contributed by atoms with Crippen LogP contribution >= 0.6 is 0 Å². The number of benzene rings is 3. The second kappa shape index (κ2) is 12.1. The molecule has 0 saturated carbocycles. The Morgan fingerprint density at radius 3 is 2.33 bits per heavy atom. The van der Waals surface area contributed by atoms with Crippen LogP contribution in [0.3, 0.4) is 0 Å². The molecular weight excluding hydrogens is 528 g/mol. The van der Waals surface area contributed by atoms with Gasteiger partial charge in [-0.2, -0.15) is 4.31 Å². The van der Waals surface area contributed by atoms with Crippen LogP contribution in [0.5, 0.6) is 5.75 Å². The van der Waals surface area contributed by atoms with Gasteiger partial charge in [0.05, 0.1) is 18.8 Å². The highest BCUT2D eigenvalue weighted by atomic mass is 32.2. The molecule has 4 rings (SSSR count).